The van der Waals surface area contributed by atoms with Crippen LogP contribution in [0.3, 0.4) is 0 Å². The van der Waals surface area contributed by atoms with Crippen molar-refractivity contribution in [2.45, 2.75) is 6.54 Å². The molecule has 0 fully saturated rings. The van der Waals surface area contributed by atoms with Gasteiger partial charge in [0.05, 0.1) is 11.4 Å². The van der Waals surface area contributed by atoms with Crippen molar-refractivity contribution in [3.05, 3.63) is 101 Å². The Labute approximate surface area is 193 Å². The van der Waals surface area contributed by atoms with Crippen molar-refractivity contribution < 1.29 is 19.1 Å². The Morgan fingerprint density at radius 1 is 0.909 bits per heavy atom. The molecule has 9 heteroatoms. The number of hydrazine groups is 1. The third kappa shape index (κ3) is 5.72. The lowest BCUT2D eigenvalue weighted by molar-refractivity contribution is -0.125. The van der Waals surface area contributed by atoms with Crippen LogP contribution in [0.4, 0.5) is 0 Å². The number of hydrogen-bond donors (Lipinski definition) is 2. The number of thiophene rings is 1. The number of hydrogen-bond acceptors (Lipinski definition) is 6. The molecule has 0 bridgehead atoms. The number of rotatable bonds is 7. The molecular weight excluding hydrogens is 440 g/mol. The standard InChI is InChI=1S/C24H20N4O4S/c29-21(25-26-23(30)18-10-5-2-6-11-18)16-32-24(31)19-15-28(14-17-8-3-1-4-9-17)27-22(19)20-12-7-13-33-20/h1-13,15H,14,16H2,(H,25,29)(H,26,30). The molecule has 0 aliphatic carbocycles. The van der Waals surface area contributed by atoms with Gasteiger partial charge in [-0.1, -0.05) is 54.6 Å². The summed E-state index contributed by atoms with van der Waals surface area (Å²) in [5.41, 5.74) is 6.69. The molecule has 4 rings (SSSR count). The summed E-state index contributed by atoms with van der Waals surface area (Å²) in [4.78, 5) is 37.6. The Hall–Kier alpha value is -4.24. The van der Waals surface area contributed by atoms with Gasteiger partial charge in [-0.25, -0.2) is 4.79 Å². The van der Waals surface area contributed by atoms with Crippen molar-refractivity contribution in [1.82, 2.24) is 20.6 Å². The van der Waals surface area contributed by atoms with Crippen molar-refractivity contribution >= 4 is 29.1 Å². The highest BCUT2D eigenvalue weighted by molar-refractivity contribution is 7.13. The minimum absolute atomic E-state index is 0.259. The molecule has 2 aromatic heterocycles. The van der Waals surface area contributed by atoms with Crippen LogP contribution >= 0.6 is 11.3 Å². The molecule has 4 aromatic rings. The number of carbonyl (C=O) groups is 3. The first kappa shape index (κ1) is 22.0. The molecule has 2 N–H and O–H groups in total. The Morgan fingerprint density at radius 2 is 1.64 bits per heavy atom. The van der Waals surface area contributed by atoms with Gasteiger partial charge in [-0.3, -0.25) is 25.1 Å². The van der Waals surface area contributed by atoms with Crippen LogP contribution in [0.2, 0.25) is 0 Å². The topological polar surface area (TPSA) is 102 Å². The smallest absolute Gasteiger partial charge is 0.342 e. The van der Waals surface area contributed by atoms with E-state index >= 15 is 0 Å². The maximum absolute atomic E-state index is 12.8. The van der Waals surface area contributed by atoms with Gasteiger partial charge in [-0.2, -0.15) is 5.10 Å². The molecule has 0 spiro atoms. The summed E-state index contributed by atoms with van der Waals surface area (Å²) in [6, 6.07) is 21.9. The van der Waals surface area contributed by atoms with E-state index in [-0.39, 0.29) is 5.56 Å². The summed E-state index contributed by atoms with van der Waals surface area (Å²) >= 11 is 1.45. The van der Waals surface area contributed by atoms with Crippen LogP contribution in [0.1, 0.15) is 26.3 Å². The molecule has 0 atom stereocenters. The van der Waals surface area contributed by atoms with Crippen LogP contribution in [0.15, 0.2) is 84.4 Å². The predicted molar refractivity (Wildman–Crippen MR) is 123 cm³/mol. The molecule has 0 saturated carbocycles. The average molecular weight is 461 g/mol. The SMILES string of the molecule is O=C(COC(=O)c1cn(Cc2ccccc2)nc1-c1cccs1)NNC(=O)c1ccccc1. The van der Waals surface area contributed by atoms with E-state index in [0.717, 1.165) is 10.4 Å². The zero-order valence-corrected chi connectivity index (χ0v) is 18.2. The highest BCUT2D eigenvalue weighted by Gasteiger charge is 2.21. The lowest BCUT2D eigenvalue weighted by Crippen LogP contribution is -2.43. The third-order valence-corrected chi connectivity index (χ3v) is 5.49. The van der Waals surface area contributed by atoms with E-state index in [0.29, 0.717) is 17.8 Å². The van der Waals surface area contributed by atoms with Crippen molar-refractivity contribution in [2.24, 2.45) is 0 Å². The summed E-state index contributed by atoms with van der Waals surface area (Å²) in [5.74, 6) is -1.82. The monoisotopic (exact) mass is 460 g/mol. The number of nitrogens with one attached hydrogen (secondary N) is 2. The van der Waals surface area contributed by atoms with Crippen LogP contribution in [-0.4, -0.2) is 34.2 Å². The van der Waals surface area contributed by atoms with Crippen molar-refractivity contribution in [3.63, 3.8) is 0 Å². The summed E-state index contributed by atoms with van der Waals surface area (Å²) < 4.78 is 6.85. The molecule has 0 aliphatic rings. The normalized spacial score (nSPS) is 10.4. The lowest BCUT2D eigenvalue weighted by Gasteiger charge is -2.08. The largest absolute Gasteiger partial charge is 0.452 e. The van der Waals surface area contributed by atoms with Crippen molar-refractivity contribution in [2.75, 3.05) is 6.61 Å². The van der Waals surface area contributed by atoms with Gasteiger partial charge in [0.15, 0.2) is 6.61 Å². The molecule has 166 valence electrons. The Morgan fingerprint density at radius 3 is 2.33 bits per heavy atom. The number of nitrogens with zero attached hydrogens (tertiary/aromatic N) is 2. The minimum atomic E-state index is -0.678. The molecular formula is C24H20N4O4S. The molecule has 0 saturated heterocycles. The van der Waals surface area contributed by atoms with E-state index in [9.17, 15) is 14.4 Å². The molecule has 2 amide bonds. The minimum Gasteiger partial charge on any atom is -0.452 e. The number of aromatic nitrogens is 2. The second kappa shape index (κ2) is 10.4. The number of ether oxygens (including phenoxy) is 1. The van der Waals surface area contributed by atoms with E-state index in [4.69, 9.17) is 4.74 Å². The molecule has 0 unspecified atom stereocenters. The van der Waals surface area contributed by atoms with E-state index in [2.05, 4.69) is 16.0 Å². The second-order valence-electron chi connectivity index (χ2n) is 7.00. The van der Waals surface area contributed by atoms with Gasteiger partial charge in [0.2, 0.25) is 0 Å². The highest BCUT2D eigenvalue weighted by Crippen LogP contribution is 2.27. The van der Waals surface area contributed by atoms with Crippen LogP contribution in [0, 0.1) is 0 Å². The average Bonchev–Trinajstić information content (AvgIpc) is 3.52. The molecule has 2 heterocycles. The van der Waals surface area contributed by atoms with Crippen molar-refractivity contribution in [1.29, 1.82) is 0 Å². The van der Waals surface area contributed by atoms with Gasteiger partial charge < -0.3 is 4.74 Å². The molecule has 0 radical (unpaired) electrons. The van der Waals surface area contributed by atoms with Gasteiger partial charge in [0.25, 0.3) is 11.8 Å². The Bertz CT molecular complexity index is 1240. The van der Waals surface area contributed by atoms with Crippen LogP contribution in [-0.2, 0) is 16.1 Å². The Kier molecular flexibility index (Phi) is 6.91. The number of esters is 1. The van der Waals surface area contributed by atoms with Crippen LogP contribution < -0.4 is 10.9 Å². The quantitative estimate of drug-likeness (QED) is 0.326. The molecule has 2 aromatic carbocycles. The highest BCUT2D eigenvalue weighted by atomic mass is 32.1. The summed E-state index contributed by atoms with van der Waals surface area (Å²) in [7, 11) is 0. The van der Waals surface area contributed by atoms with Gasteiger partial charge in [-0.05, 0) is 29.1 Å². The lowest BCUT2D eigenvalue weighted by atomic mass is 10.2. The summed E-state index contributed by atoms with van der Waals surface area (Å²) in [6.45, 7) is -0.0693. The summed E-state index contributed by atoms with van der Waals surface area (Å²) in [6.07, 6.45) is 1.61. The maximum atomic E-state index is 12.8. The predicted octanol–water partition coefficient (Wildman–Crippen LogP) is 3.28. The van der Waals surface area contributed by atoms with E-state index in [1.54, 1.807) is 41.2 Å². The number of benzene rings is 2. The van der Waals surface area contributed by atoms with Gasteiger partial charge in [0.1, 0.15) is 11.3 Å². The van der Waals surface area contributed by atoms with E-state index < -0.39 is 24.4 Å². The van der Waals surface area contributed by atoms with E-state index in [1.807, 2.05) is 47.8 Å². The van der Waals surface area contributed by atoms with Gasteiger partial charge in [0, 0.05) is 11.8 Å². The second-order valence-corrected chi connectivity index (χ2v) is 7.94. The summed E-state index contributed by atoms with van der Waals surface area (Å²) in [5, 5.41) is 6.45. The van der Waals surface area contributed by atoms with Crippen LogP contribution in [0.25, 0.3) is 10.6 Å². The van der Waals surface area contributed by atoms with Gasteiger partial charge >= 0.3 is 5.97 Å². The van der Waals surface area contributed by atoms with E-state index in [1.165, 1.54) is 11.3 Å². The third-order valence-electron chi connectivity index (χ3n) is 4.61. The fourth-order valence-corrected chi connectivity index (χ4v) is 3.77. The van der Waals surface area contributed by atoms with Crippen molar-refractivity contribution in [3.8, 4) is 10.6 Å². The maximum Gasteiger partial charge on any atom is 0.342 e. The molecule has 33 heavy (non-hydrogen) atoms. The zero-order chi connectivity index (χ0) is 23.0. The molecule has 8 nitrogen and oxygen atoms in total. The zero-order valence-electron chi connectivity index (χ0n) is 17.4. The fourth-order valence-electron chi connectivity index (χ4n) is 3.05. The Balaban J connectivity index is 1.39. The first-order valence-electron chi connectivity index (χ1n) is 10.1. The number of carbonyl (C=O) groups excluding carboxylic acids is 3. The first-order valence-corrected chi connectivity index (χ1v) is 10.9. The fraction of sp³-hybridized carbons (Fsp3) is 0.0833. The van der Waals surface area contributed by atoms with Crippen LogP contribution in [0.5, 0.6) is 0 Å². The molecule has 0 aliphatic heterocycles. The first-order chi connectivity index (χ1) is 16.1. The van der Waals surface area contributed by atoms with Gasteiger partial charge in [-0.15, -0.1) is 11.3 Å². The number of amides is 2.